The van der Waals surface area contributed by atoms with Gasteiger partial charge in [0.05, 0.1) is 18.9 Å². The number of thioether (sulfide) groups is 1. The first-order chi connectivity index (χ1) is 12.0. The Labute approximate surface area is 149 Å². The van der Waals surface area contributed by atoms with Crippen molar-refractivity contribution in [3.05, 3.63) is 24.3 Å². The summed E-state index contributed by atoms with van der Waals surface area (Å²) in [6, 6.07) is 9.46. The smallest absolute Gasteiger partial charge is 0.277 e. The summed E-state index contributed by atoms with van der Waals surface area (Å²) in [5, 5.41) is 20.3. The third kappa shape index (κ3) is 4.12. The highest BCUT2D eigenvalue weighted by molar-refractivity contribution is 7.99. The molecule has 1 N–H and O–H groups in total. The number of amides is 1. The molecule has 0 bridgehead atoms. The van der Waals surface area contributed by atoms with Crippen molar-refractivity contribution in [3.8, 4) is 23.3 Å². The molecule has 1 aliphatic carbocycles. The summed E-state index contributed by atoms with van der Waals surface area (Å²) in [4.78, 5) is 12.1. The van der Waals surface area contributed by atoms with Gasteiger partial charge in [0.15, 0.2) is 0 Å². The third-order valence-electron chi connectivity index (χ3n) is 4.10. The van der Waals surface area contributed by atoms with Gasteiger partial charge in [-0.15, -0.1) is 10.2 Å². The van der Waals surface area contributed by atoms with E-state index in [4.69, 9.17) is 9.15 Å². The average molecular weight is 358 g/mol. The van der Waals surface area contributed by atoms with E-state index in [0.29, 0.717) is 11.1 Å². The van der Waals surface area contributed by atoms with Gasteiger partial charge in [-0.25, -0.2) is 0 Å². The second-order valence-corrected chi connectivity index (χ2v) is 6.95. The molecule has 1 aliphatic rings. The molecular weight excluding hydrogens is 340 g/mol. The fourth-order valence-electron chi connectivity index (χ4n) is 2.45. The molecular formula is C17H18N4O3S. The van der Waals surface area contributed by atoms with Crippen LogP contribution in [-0.2, 0) is 4.79 Å². The molecule has 3 rings (SSSR count). The summed E-state index contributed by atoms with van der Waals surface area (Å²) in [6.07, 6.45) is 1.96. The predicted octanol–water partition coefficient (Wildman–Crippen LogP) is 2.65. The molecule has 130 valence electrons. The zero-order chi connectivity index (χ0) is 17.9. The van der Waals surface area contributed by atoms with Gasteiger partial charge in [-0.05, 0) is 49.9 Å². The molecule has 2 aromatic rings. The molecule has 1 amide bonds. The van der Waals surface area contributed by atoms with E-state index in [2.05, 4.69) is 21.6 Å². The van der Waals surface area contributed by atoms with E-state index in [-0.39, 0.29) is 17.6 Å². The van der Waals surface area contributed by atoms with Gasteiger partial charge in [0, 0.05) is 5.56 Å². The third-order valence-corrected chi connectivity index (χ3v) is 4.91. The van der Waals surface area contributed by atoms with Crippen molar-refractivity contribution in [1.29, 1.82) is 5.26 Å². The maximum absolute atomic E-state index is 12.1. The van der Waals surface area contributed by atoms with Crippen LogP contribution in [0.2, 0.25) is 0 Å². The number of carbonyl (C=O) groups excluding carboxylic acids is 1. The number of carbonyl (C=O) groups is 1. The van der Waals surface area contributed by atoms with Crippen molar-refractivity contribution < 1.29 is 13.9 Å². The van der Waals surface area contributed by atoms with Gasteiger partial charge >= 0.3 is 0 Å². The lowest BCUT2D eigenvalue weighted by molar-refractivity contribution is -0.119. The monoisotopic (exact) mass is 358 g/mol. The van der Waals surface area contributed by atoms with Gasteiger partial charge in [0.2, 0.25) is 11.8 Å². The molecule has 25 heavy (non-hydrogen) atoms. The Morgan fingerprint density at radius 1 is 1.44 bits per heavy atom. The first-order valence-corrected chi connectivity index (χ1v) is 8.85. The van der Waals surface area contributed by atoms with E-state index in [9.17, 15) is 10.1 Å². The first-order valence-electron chi connectivity index (χ1n) is 7.87. The Balaban J connectivity index is 1.56. The van der Waals surface area contributed by atoms with E-state index in [1.807, 2.05) is 12.1 Å². The van der Waals surface area contributed by atoms with Crippen LogP contribution in [-0.4, -0.2) is 34.5 Å². The van der Waals surface area contributed by atoms with Crippen LogP contribution in [0.5, 0.6) is 5.75 Å². The van der Waals surface area contributed by atoms with Crippen molar-refractivity contribution >= 4 is 17.7 Å². The van der Waals surface area contributed by atoms with Gasteiger partial charge in [0.25, 0.3) is 5.22 Å². The van der Waals surface area contributed by atoms with Crippen LogP contribution in [0.3, 0.4) is 0 Å². The Morgan fingerprint density at radius 3 is 2.76 bits per heavy atom. The first kappa shape index (κ1) is 17.3. The minimum absolute atomic E-state index is 0.119. The summed E-state index contributed by atoms with van der Waals surface area (Å²) in [5.74, 6) is 1.27. The van der Waals surface area contributed by atoms with Crippen LogP contribution in [0.1, 0.15) is 19.8 Å². The second-order valence-electron chi connectivity index (χ2n) is 6.03. The predicted molar refractivity (Wildman–Crippen MR) is 91.9 cm³/mol. The molecule has 1 aromatic heterocycles. The van der Waals surface area contributed by atoms with E-state index < -0.39 is 5.54 Å². The molecule has 0 aliphatic heterocycles. The van der Waals surface area contributed by atoms with E-state index in [1.54, 1.807) is 26.2 Å². The van der Waals surface area contributed by atoms with Crippen LogP contribution in [0, 0.1) is 17.2 Å². The Bertz CT molecular complexity index is 795. The molecule has 1 aromatic carbocycles. The van der Waals surface area contributed by atoms with Gasteiger partial charge in [-0.1, -0.05) is 11.8 Å². The Hall–Kier alpha value is -2.53. The number of hydrogen-bond donors (Lipinski definition) is 1. The van der Waals surface area contributed by atoms with E-state index >= 15 is 0 Å². The maximum Gasteiger partial charge on any atom is 0.277 e. The van der Waals surface area contributed by atoms with Gasteiger partial charge in [-0.2, -0.15) is 5.26 Å². The topological polar surface area (TPSA) is 101 Å². The van der Waals surface area contributed by atoms with Gasteiger partial charge in [-0.3, -0.25) is 4.79 Å². The molecule has 1 atom stereocenters. The number of nitrogens with one attached hydrogen (secondary N) is 1. The number of aromatic nitrogens is 2. The number of rotatable bonds is 7. The zero-order valence-electron chi connectivity index (χ0n) is 14.0. The second kappa shape index (κ2) is 7.15. The highest BCUT2D eigenvalue weighted by atomic mass is 32.2. The number of nitriles is 1. The van der Waals surface area contributed by atoms with Crippen molar-refractivity contribution in [1.82, 2.24) is 15.5 Å². The van der Waals surface area contributed by atoms with Crippen molar-refractivity contribution in [2.75, 3.05) is 12.9 Å². The summed E-state index contributed by atoms with van der Waals surface area (Å²) < 4.78 is 10.7. The Kier molecular flexibility index (Phi) is 4.95. The summed E-state index contributed by atoms with van der Waals surface area (Å²) >= 11 is 1.15. The Morgan fingerprint density at radius 2 is 2.16 bits per heavy atom. The van der Waals surface area contributed by atoms with Gasteiger partial charge in [0.1, 0.15) is 11.3 Å². The lowest BCUT2D eigenvalue weighted by Gasteiger charge is -2.22. The fourth-order valence-corrected chi connectivity index (χ4v) is 3.02. The fraction of sp³-hybridized carbons (Fsp3) is 0.412. The minimum atomic E-state index is -0.791. The molecule has 8 heteroatoms. The SMILES string of the molecule is COc1ccc(-c2nnc(SCC(=O)N[C@](C)(C#N)C3CC3)o2)cc1. The van der Waals surface area contributed by atoms with Crippen LogP contribution in [0.15, 0.2) is 33.9 Å². The largest absolute Gasteiger partial charge is 0.497 e. The van der Waals surface area contributed by atoms with Gasteiger partial charge < -0.3 is 14.5 Å². The molecule has 1 saturated carbocycles. The molecule has 1 heterocycles. The summed E-state index contributed by atoms with van der Waals surface area (Å²) in [6.45, 7) is 1.77. The quantitative estimate of drug-likeness (QED) is 0.759. The molecule has 7 nitrogen and oxygen atoms in total. The highest BCUT2D eigenvalue weighted by Gasteiger charge is 2.42. The summed E-state index contributed by atoms with van der Waals surface area (Å²) in [7, 11) is 1.60. The molecule has 0 unspecified atom stereocenters. The number of methoxy groups -OCH3 is 1. The van der Waals surface area contributed by atoms with Crippen LogP contribution in [0.4, 0.5) is 0 Å². The maximum atomic E-state index is 12.1. The van der Waals surface area contributed by atoms with Crippen molar-refractivity contribution in [2.45, 2.75) is 30.5 Å². The standard InChI is InChI=1S/C17H18N4O3S/c1-17(10-18,12-5-6-12)19-14(22)9-25-16-21-20-15(24-16)11-3-7-13(23-2)8-4-11/h3-4,7-8,12H,5-6,9H2,1-2H3,(H,19,22)/t17-/m1/s1. The number of hydrogen-bond acceptors (Lipinski definition) is 7. The van der Waals surface area contributed by atoms with Crippen molar-refractivity contribution in [2.24, 2.45) is 5.92 Å². The van der Waals surface area contributed by atoms with Crippen LogP contribution < -0.4 is 10.1 Å². The van der Waals surface area contributed by atoms with E-state index in [0.717, 1.165) is 35.9 Å². The van der Waals surface area contributed by atoms with Crippen LogP contribution >= 0.6 is 11.8 Å². The number of ether oxygens (including phenoxy) is 1. The number of nitrogens with zero attached hydrogens (tertiary/aromatic N) is 3. The van der Waals surface area contributed by atoms with Crippen LogP contribution in [0.25, 0.3) is 11.5 Å². The lowest BCUT2D eigenvalue weighted by Crippen LogP contribution is -2.47. The molecule has 1 fully saturated rings. The summed E-state index contributed by atoms with van der Waals surface area (Å²) in [5.41, 5.74) is -0.0174. The normalized spacial score (nSPS) is 15.9. The lowest BCUT2D eigenvalue weighted by atomic mass is 9.98. The number of benzene rings is 1. The van der Waals surface area contributed by atoms with E-state index in [1.165, 1.54) is 0 Å². The van der Waals surface area contributed by atoms with Crippen molar-refractivity contribution in [3.63, 3.8) is 0 Å². The molecule has 0 saturated heterocycles. The zero-order valence-corrected chi connectivity index (χ0v) is 14.8. The minimum Gasteiger partial charge on any atom is -0.497 e. The molecule has 0 radical (unpaired) electrons. The highest BCUT2D eigenvalue weighted by Crippen LogP contribution is 2.39. The average Bonchev–Trinajstić information content (AvgIpc) is 3.39. The molecule has 0 spiro atoms.